The van der Waals surface area contributed by atoms with Crippen molar-refractivity contribution in [1.29, 1.82) is 0 Å². The summed E-state index contributed by atoms with van der Waals surface area (Å²) < 4.78 is 27.4. The van der Waals surface area contributed by atoms with E-state index in [0.717, 1.165) is 23.0 Å². The minimum absolute atomic E-state index is 0.0428. The fourth-order valence-corrected chi connectivity index (χ4v) is 5.29. The molecule has 0 saturated heterocycles. The van der Waals surface area contributed by atoms with Crippen molar-refractivity contribution in [2.75, 3.05) is 0 Å². The zero-order chi connectivity index (χ0) is 15.6. The molecule has 2 rings (SSSR count). The van der Waals surface area contributed by atoms with Crippen molar-refractivity contribution >= 4 is 43.3 Å². The number of carbonyl (C=O) groups is 1. The molecule has 0 aliphatic carbocycles. The van der Waals surface area contributed by atoms with Crippen LogP contribution in [-0.4, -0.2) is 24.5 Å². The minimum Gasteiger partial charge on any atom is -0.477 e. The largest absolute Gasteiger partial charge is 0.477 e. The van der Waals surface area contributed by atoms with Crippen LogP contribution in [0.15, 0.2) is 39.3 Å². The van der Waals surface area contributed by atoms with Crippen LogP contribution < -0.4 is 4.72 Å². The Labute approximate surface area is 134 Å². The average Bonchev–Trinajstić information content (AvgIpc) is 2.82. The van der Waals surface area contributed by atoms with E-state index < -0.39 is 22.0 Å². The number of nitrogens with one attached hydrogen (secondary N) is 1. The second kappa shape index (κ2) is 6.22. The summed E-state index contributed by atoms with van der Waals surface area (Å²) in [5.41, 5.74) is 0.762. The highest BCUT2D eigenvalue weighted by molar-refractivity contribution is 9.11. The molecule has 2 aromatic rings. The van der Waals surface area contributed by atoms with Crippen LogP contribution in [0.5, 0.6) is 0 Å². The summed E-state index contributed by atoms with van der Waals surface area (Å²) in [7, 11) is -3.82. The zero-order valence-electron chi connectivity index (χ0n) is 10.8. The van der Waals surface area contributed by atoms with E-state index in [4.69, 9.17) is 5.11 Å². The monoisotopic (exact) mass is 390 g/mol. The van der Waals surface area contributed by atoms with Crippen molar-refractivity contribution in [3.8, 4) is 0 Å². The molecule has 1 atom stereocenters. The predicted molar refractivity (Wildman–Crippen MR) is 82.0 cm³/mol. The Morgan fingerprint density at radius 2 is 2.05 bits per heavy atom. The van der Waals surface area contributed by atoms with Crippen molar-refractivity contribution in [2.24, 2.45) is 0 Å². The second-order valence-corrected chi connectivity index (χ2v) is 8.23. The molecular weight excluding hydrogens is 380 g/mol. The molecule has 0 bridgehead atoms. The van der Waals surface area contributed by atoms with E-state index in [0.29, 0.717) is 0 Å². The number of halogens is 1. The number of hydrogen-bond acceptors (Lipinski definition) is 5. The first-order chi connectivity index (χ1) is 9.81. The van der Waals surface area contributed by atoms with E-state index in [-0.39, 0.29) is 13.6 Å². The Balaban J connectivity index is 2.29. The molecule has 0 aromatic carbocycles. The maximum absolute atomic E-state index is 12.3. The van der Waals surface area contributed by atoms with E-state index >= 15 is 0 Å². The smallest absolute Gasteiger partial charge is 0.345 e. The quantitative estimate of drug-likeness (QED) is 0.817. The zero-order valence-corrected chi connectivity index (χ0v) is 14.0. The van der Waals surface area contributed by atoms with Gasteiger partial charge in [-0.15, -0.1) is 11.3 Å². The molecule has 2 heterocycles. The maximum atomic E-state index is 12.3. The average molecular weight is 391 g/mol. The van der Waals surface area contributed by atoms with Gasteiger partial charge in [-0.3, -0.25) is 4.98 Å². The molecule has 0 amide bonds. The van der Waals surface area contributed by atoms with E-state index in [1.807, 2.05) is 0 Å². The SMILES string of the molecule is C[C@H](NS(=O)(=O)c1cc(C(=O)O)sc1Br)c1ccncc1. The van der Waals surface area contributed by atoms with Gasteiger partial charge in [-0.05, 0) is 46.6 Å². The summed E-state index contributed by atoms with van der Waals surface area (Å²) in [6, 6.07) is 4.09. The van der Waals surface area contributed by atoms with Crippen molar-refractivity contribution in [3.63, 3.8) is 0 Å². The normalized spacial score (nSPS) is 13.0. The van der Waals surface area contributed by atoms with Crippen LogP contribution in [0.1, 0.15) is 28.2 Å². The number of sulfonamides is 1. The molecule has 0 saturated carbocycles. The van der Waals surface area contributed by atoms with Crippen molar-refractivity contribution in [3.05, 3.63) is 44.8 Å². The minimum atomic E-state index is -3.82. The van der Waals surface area contributed by atoms with Crippen LogP contribution in [0, 0.1) is 0 Å². The van der Waals surface area contributed by atoms with Gasteiger partial charge in [0.05, 0.1) is 3.79 Å². The summed E-state index contributed by atoms with van der Waals surface area (Å²) in [4.78, 5) is 14.7. The number of carboxylic acid groups (broad SMARTS) is 1. The standard InChI is InChI=1S/C12H11BrN2O4S2/c1-7(8-2-4-14-5-3-8)15-21(18,19)10-6-9(12(16)17)20-11(10)13/h2-7,15H,1H3,(H,16,17)/t7-/m0/s1. The van der Waals surface area contributed by atoms with Gasteiger partial charge in [0.2, 0.25) is 10.0 Å². The van der Waals surface area contributed by atoms with Gasteiger partial charge in [0.25, 0.3) is 0 Å². The number of nitrogens with zero attached hydrogens (tertiary/aromatic N) is 1. The first-order valence-electron chi connectivity index (χ1n) is 5.76. The molecule has 0 aliphatic heterocycles. The van der Waals surface area contributed by atoms with Crippen LogP contribution in [0.25, 0.3) is 0 Å². The van der Waals surface area contributed by atoms with E-state index in [9.17, 15) is 13.2 Å². The Bertz CT molecular complexity index is 759. The van der Waals surface area contributed by atoms with Crippen molar-refractivity contribution < 1.29 is 18.3 Å². The molecule has 0 fully saturated rings. The number of aromatic nitrogens is 1. The molecule has 2 aromatic heterocycles. The second-order valence-electron chi connectivity index (χ2n) is 4.18. The Morgan fingerprint density at radius 1 is 1.43 bits per heavy atom. The highest BCUT2D eigenvalue weighted by Gasteiger charge is 2.25. The first-order valence-corrected chi connectivity index (χ1v) is 8.85. The van der Waals surface area contributed by atoms with Crippen LogP contribution in [0.3, 0.4) is 0 Å². The van der Waals surface area contributed by atoms with Gasteiger partial charge in [0.15, 0.2) is 0 Å². The van der Waals surface area contributed by atoms with E-state index in [2.05, 4.69) is 25.6 Å². The van der Waals surface area contributed by atoms with Gasteiger partial charge < -0.3 is 5.11 Å². The van der Waals surface area contributed by atoms with Crippen molar-refractivity contribution in [1.82, 2.24) is 9.71 Å². The predicted octanol–water partition coefficient (Wildman–Crippen LogP) is 2.64. The summed E-state index contributed by atoms with van der Waals surface area (Å²) in [5.74, 6) is -1.16. The number of thiophene rings is 1. The molecule has 0 aliphatic rings. The Hall–Kier alpha value is -1.29. The maximum Gasteiger partial charge on any atom is 0.345 e. The molecule has 6 nitrogen and oxygen atoms in total. The number of rotatable bonds is 5. The summed E-state index contributed by atoms with van der Waals surface area (Å²) >= 11 is 3.95. The van der Waals surface area contributed by atoms with Gasteiger partial charge in [0, 0.05) is 18.4 Å². The van der Waals surface area contributed by atoms with Gasteiger partial charge in [-0.1, -0.05) is 0 Å². The van der Waals surface area contributed by atoms with Crippen LogP contribution >= 0.6 is 27.3 Å². The van der Waals surface area contributed by atoms with Crippen LogP contribution in [-0.2, 0) is 10.0 Å². The number of carboxylic acids is 1. The van der Waals surface area contributed by atoms with Gasteiger partial charge in [-0.25, -0.2) is 17.9 Å². The van der Waals surface area contributed by atoms with Gasteiger partial charge in [0.1, 0.15) is 9.77 Å². The third-order valence-electron chi connectivity index (χ3n) is 2.69. The lowest BCUT2D eigenvalue weighted by molar-refractivity contribution is 0.0702. The van der Waals surface area contributed by atoms with E-state index in [1.165, 1.54) is 0 Å². The lowest BCUT2D eigenvalue weighted by Crippen LogP contribution is -2.26. The third-order valence-corrected chi connectivity index (χ3v) is 6.47. The fourth-order valence-electron chi connectivity index (χ4n) is 1.66. The number of hydrogen-bond donors (Lipinski definition) is 2. The third kappa shape index (κ3) is 3.67. The summed E-state index contributed by atoms with van der Waals surface area (Å²) in [5, 5.41) is 8.92. The van der Waals surface area contributed by atoms with Gasteiger partial charge in [-0.2, -0.15) is 0 Å². The Kier molecular flexibility index (Phi) is 4.77. The molecule has 21 heavy (non-hydrogen) atoms. The molecule has 2 N–H and O–H groups in total. The molecule has 112 valence electrons. The number of aromatic carboxylic acids is 1. The van der Waals surface area contributed by atoms with Gasteiger partial charge >= 0.3 is 5.97 Å². The number of pyridine rings is 1. The summed E-state index contributed by atoms with van der Waals surface area (Å²) in [6.45, 7) is 1.70. The summed E-state index contributed by atoms with van der Waals surface area (Å²) in [6.07, 6.45) is 3.15. The lowest BCUT2D eigenvalue weighted by atomic mass is 10.1. The fraction of sp³-hybridized carbons (Fsp3) is 0.167. The molecule has 0 unspecified atom stereocenters. The molecule has 0 spiro atoms. The van der Waals surface area contributed by atoms with E-state index in [1.54, 1.807) is 31.5 Å². The lowest BCUT2D eigenvalue weighted by Gasteiger charge is -2.13. The molecular formula is C12H11BrN2O4S2. The van der Waals surface area contributed by atoms with Crippen LogP contribution in [0.2, 0.25) is 0 Å². The first kappa shape index (κ1) is 16.1. The highest BCUT2D eigenvalue weighted by Crippen LogP contribution is 2.32. The Morgan fingerprint density at radius 3 is 2.57 bits per heavy atom. The van der Waals surface area contributed by atoms with Crippen molar-refractivity contribution in [2.45, 2.75) is 17.9 Å². The van der Waals surface area contributed by atoms with Crippen LogP contribution in [0.4, 0.5) is 0 Å². The topological polar surface area (TPSA) is 96.4 Å². The molecule has 9 heteroatoms. The molecule has 0 radical (unpaired) electrons. The highest BCUT2D eigenvalue weighted by atomic mass is 79.9.